The quantitative estimate of drug-likeness (QED) is 0.288. The lowest BCUT2D eigenvalue weighted by molar-refractivity contribution is -0.331. The van der Waals surface area contributed by atoms with Crippen molar-refractivity contribution in [2.75, 3.05) is 6.61 Å². The number of rotatable bonds is 3. The summed E-state index contributed by atoms with van der Waals surface area (Å²) in [6.45, 7) is 7.58. The van der Waals surface area contributed by atoms with Crippen molar-refractivity contribution in [3.63, 3.8) is 0 Å². The molecule has 2 saturated carbocycles. The Bertz CT molecular complexity index is 1240. The van der Waals surface area contributed by atoms with E-state index in [0.29, 0.717) is 5.57 Å². The lowest BCUT2D eigenvalue weighted by Gasteiger charge is -2.67. The maximum Gasteiger partial charge on any atom is 0.338 e. The van der Waals surface area contributed by atoms with Gasteiger partial charge in [0.05, 0.1) is 29.6 Å². The van der Waals surface area contributed by atoms with Gasteiger partial charge >= 0.3 is 11.9 Å². The van der Waals surface area contributed by atoms with Crippen LogP contribution in [0.1, 0.15) is 57.8 Å². The zero-order valence-corrected chi connectivity index (χ0v) is 23.4. The number of benzene rings is 1. The Hall–Kier alpha value is -2.30. The molecule has 3 unspecified atom stereocenters. The summed E-state index contributed by atoms with van der Waals surface area (Å²) in [4.78, 5) is 40.4. The van der Waals surface area contributed by atoms with Gasteiger partial charge in [0.25, 0.3) is 0 Å². The minimum Gasteiger partial charge on any atom is -0.455 e. The zero-order chi connectivity index (χ0) is 28.7. The maximum atomic E-state index is 14.4. The average Bonchev–Trinajstić information content (AvgIpc) is 2.87. The molecule has 1 aromatic rings. The number of fused-ring (bicyclic) bond motifs is 5. The van der Waals surface area contributed by atoms with Gasteiger partial charge in [0.2, 0.25) is 0 Å². The summed E-state index contributed by atoms with van der Waals surface area (Å²) in [5.74, 6) is -3.29. The third-order valence-corrected chi connectivity index (χ3v) is 10.5. The van der Waals surface area contributed by atoms with Crippen LogP contribution in [-0.2, 0) is 23.8 Å². The third-order valence-electron chi connectivity index (χ3n) is 9.89. The number of esters is 2. The number of carbonyl (C=O) groups is 3. The second kappa shape index (κ2) is 9.11. The van der Waals surface area contributed by atoms with E-state index in [1.54, 1.807) is 58.0 Å². The molecular weight excluding hydrogens is 528 g/mol. The number of aliphatic hydroxyl groups is 3. The van der Waals surface area contributed by atoms with Crippen molar-refractivity contribution in [3.8, 4) is 0 Å². The largest absolute Gasteiger partial charge is 0.455 e. The topological polar surface area (TPSA) is 140 Å². The Kier molecular flexibility index (Phi) is 6.59. The minimum atomic E-state index is -2.01. The molecule has 9 nitrogen and oxygen atoms in total. The molecule has 0 aromatic heterocycles. The fourth-order valence-electron chi connectivity index (χ4n) is 7.63. The third kappa shape index (κ3) is 3.70. The van der Waals surface area contributed by atoms with E-state index in [1.165, 1.54) is 6.92 Å². The van der Waals surface area contributed by atoms with Gasteiger partial charge in [-0.15, -0.1) is 11.6 Å². The van der Waals surface area contributed by atoms with Crippen molar-refractivity contribution in [2.45, 2.75) is 88.5 Å². The summed E-state index contributed by atoms with van der Waals surface area (Å²) in [5.41, 5.74) is -5.75. The van der Waals surface area contributed by atoms with Crippen LogP contribution in [-0.4, -0.2) is 80.6 Å². The van der Waals surface area contributed by atoms with Crippen molar-refractivity contribution in [3.05, 3.63) is 47.0 Å². The van der Waals surface area contributed by atoms with Crippen molar-refractivity contribution in [1.82, 2.24) is 0 Å². The number of hydrogen-bond acceptors (Lipinski definition) is 9. The maximum absolute atomic E-state index is 14.4. The van der Waals surface area contributed by atoms with Crippen LogP contribution in [0.5, 0.6) is 0 Å². The molecule has 1 saturated heterocycles. The van der Waals surface area contributed by atoms with E-state index < -0.39 is 75.5 Å². The van der Waals surface area contributed by atoms with Gasteiger partial charge in [-0.25, -0.2) is 4.79 Å². The molecule has 2 bridgehead atoms. The summed E-state index contributed by atoms with van der Waals surface area (Å²) in [6, 6.07) is 8.18. The number of aliphatic hydroxyl groups excluding tert-OH is 2. The molecule has 3 N–H and O–H groups in total. The van der Waals surface area contributed by atoms with Crippen LogP contribution in [0.3, 0.4) is 0 Å². The second-order valence-electron chi connectivity index (χ2n) is 12.1. The lowest BCUT2D eigenvalue weighted by Crippen LogP contribution is -2.81. The Morgan fingerprint density at radius 2 is 1.77 bits per heavy atom. The second-order valence-corrected chi connectivity index (χ2v) is 12.7. The Labute approximate surface area is 232 Å². The van der Waals surface area contributed by atoms with E-state index in [1.807, 2.05) is 0 Å². The molecule has 10 heteroatoms. The van der Waals surface area contributed by atoms with Gasteiger partial charge in [-0.05, 0) is 36.6 Å². The Morgan fingerprint density at radius 3 is 2.33 bits per heavy atom. The molecule has 1 aromatic carbocycles. The van der Waals surface area contributed by atoms with Crippen molar-refractivity contribution < 1.29 is 43.9 Å². The highest BCUT2D eigenvalue weighted by Crippen LogP contribution is 2.64. The fraction of sp³-hybridized carbons (Fsp3) is 0.621. The smallest absolute Gasteiger partial charge is 0.338 e. The number of alkyl halides is 1. The molecule has 1 heterocycles. The fourth-order valence-corrected chi connectivity index (χ4v) is 8.03. The van der Waals surface area contributed by atoms with Crippen LogP contribution >= 0.6 is 11.6 Å². The summed E-state index contributed by atoms with van der Waals surface area (Å²) >= 11 is 6.93. The van der Waals surface area contributed by atoms with Gasteiger partial charge in [0.1, 0.15) is 23.9 Å². The van der Waals surface area contributed by atoms with Crippen LogP contribution in [0.25, 0.3) is 0 Å². The summed E-state index contributed by atoms with van der Waals surface area (Å²) < 4.78 is 17.9. The van der Waals surface area contributed by atoms with Crippen molar-refractivity contribution >= 4 is 29.3 Å². The number of ether oxygens (including phenoxy) is 3. The zero-order valence-electron chi connectivity index (χ0n) is 22.6. The molecule has 4 aliphatic rings. The Morgan fingerprint density at radius 1 is 1.13 bits per heavy atom. The number of hydrogen-bond donors (Lipinski definition) is 3. The molecule has 0 amide bonds. The summed E-state index contributed by atoms with van der Waals surface area (Å²) in [5, 5.41) is 34.5. The molecule has 39 heavy (non-hydrogen) atoms. The molecule has 0 spiro atoms. The molecule has 3 fully saturated rings. The highest BCUT2D eigenvalue weighted by atomic mass is 35.5. The van der Waals surface area contributed by atoms with Crippen LogP contribution < -0.4 is 0 Å². The summed E-state index contributed by atoms with van der Waals surface area (Å²) in [6.07, 6.45) is -5.32. The first-order chi connectivity index (χ1) is 18.1. The van der Waals surface area contributed by atoms with Crippen LogP contribution in [0.2, 0.25) is 0 Å². The molecule has 9 atom stereocenters. The van der Waals surface area contributed by atoms with E-state index in [-0.39, 0.29) is 30.6 Å². The SMILES string of the molecule is CC(=O)O[C@@]12CO[C@@H]1CC(Cl)[C@@]1(C)C(=O)[C@H](O)C3=C(C)[C@@H](O)C[C@@](O)(C(OC(=O)c4ccccc4)C12)C3(C)C. The molecule has 212 valence electrons. The molecule has 5 rings (SSSR count). The minimum absolute atomic E-state index is 0.120. The monoisotopic (exact) mass is 562 g/mol. The van der Waals surface area contributed by atoms with E-state index in [9.17, 15) is 29.7 Å². The lowest BCUT2D eigenvalue weighted by atomic mass is 9.45. The van der Waals surface area contributed by atoms with Crippen molar-refractivity contribution in [2.24, 2.45) is 16.7 Å². The van der Waals surface area contributed by atoms with Crippen LogP contribution in [0, 0.1) is 16.7 Å². The average molecular weight is 563 g/mol. The molecule has 1 aliphatic heterocycles. The standard InChI is InChI=1S/C29H35ClO9/c1-14-17(32)12-29(36)24(38-25(35)16-9-7-6-8-10-16)22-27(5,23(34)21(33)20(14)26(29,3)4)18(30)11-19-28(22,13-37-19)39-15(2)31/h6-10,17-19,21-22,24,32-33,36H,11-13H2,1-5H3/t17-,18?,19+,21+,22?,24?,27+,28-,29+/m0/s1. The van der Waals surface area contributed by atoms with E-state index in [2.05, 4.69) is 0 Å². The van der Waals surface area contributed by atoms with Gasteiger partial charge < -0.3 is 29.5 Å². The predicted octanol–water partition coefficient (Wildman–Crippen LogP) is 2.33. The highest BCUT2D eigenvalue weighted by molar-refractivity contribution is 6.23. The van der Waals surface area contributed by atoms with Gasteiger partial charge in [-0.2, -0.15) is 0 Å². The predicted molar refractivity (Wildman–Crippen MR) is 139 cm³/mol. The van der Waals surface area contributed by atoms with Crippen LogP contribution in [0.15, 0.2) is 41.5 Å². The molecule has 0 radical (unpaired) electrons. The van der Waals surface area contributed by atoms with Crippen molar-refractivity contribution in [1.29, 1.82) is 0 Å². The Balaban J connectivity index is 1.81. The molecule has 3 aliphatic carbocycles. The number of Topliss-reactive ketones (excluding diaryl/α,β-unsaturated/α-hetero) is 1. The van der Waals surface area contributed by atoms with E-state index >= 15 is 0 Å². The van der Waals surface area contributed by atoms with Gasteiger partial charge in [-0.3, -0.25) is 9.59 Å². The van der Waals surface area contributed by atoms with Crippen LogP contribution in [0.4, 0.5) is 0 Å². The van der Waals surface area contributed by atoms with Gasteiger partial charge in [-0.1, -0.05) is 39.0 Å². The van der Waals surface area contributed by atoms with Gasteiger partial charge in [0, 0.05) is 24.1 Å². The van der Waals surface area contributed by atoms with E-state index in [4.69, 9.17) is 25.8 Å². The highest BCUT2D eigenvalue weighted by Gasteiger charge is 2.77. The number of halogens is 1. The first kappa shape index (κ1) is 28.2. The normalized spacial score (nSPS) is 42.7. The summed E-state index contributed by atoms with van der Waals surface area (Å²) in [7, 11) is 0. The first-order valence-corrected chi connectivity index (χ1v) is 13.6. The number of ketones is 1. The number of carbonyl (C=O) groups excluding carboxylic acids is 3. The first-order valence-electron chi connectivity index (χ1n) is 13.2. The van der Waals surface area contributed by atoms with E-state index in [0.717, 1.165) is 0 Å². The molecular formula is C29H35ClO9. The van der Waals surface area contributed by atoms with Gasteiger partial charge in [0.15, 0.2) is 11.4 Å².